The van der Waals surface area contributed by atoms with Crippen LogP contribution in [-0.4, -0.2) is 18.6 Å². The van der Waals surface area contributed by atoms with E-state index in [-0.39, 0.29) is 6.04 Å². The summed E-state index contributed by atoms with van der Waals surface area (Å²) in [6, 6.07) is 11.1. The first-order chi connectivity index (χ1) is 9.43. The SMILES string of the molecule is C1=NC=N[C@H]1[C@H]1c2ccccc2CSc2sccc21. The minimum atomic E-state index is 0.146. The highest BCUT2D eigenvalue weighted by Gasteiger charge is 2.31. The summed E-state index contributed by atoms with van der Waals surface area (Å²) >= 11 is 3.78. The molecule has 2 nitrogen and oxygen atoms in total. The van der Waals surface area contributed by atoms with Crippen molar-refractivity contribution in [2.75, 3.05) is 0 Å². The molecule has 0 aliphatic carbocycles. The fourth-order valence-corrected chi connectivity index (χ4v) is 4.95. The highest BCUT2D eigenvalue weighted by molar-refractivity contribution is 8.00. The van der Waals surface area contributed by atoms with Crippen molar-refractivity contribution in [3.8, 4) is 0 Å². The molecule has 4 heteroatoms. The van der Waals surface area contributed by atoms with Gasteiger partial charge >= 0.3 is 0 Å². The van der Waals surface area contributed by atoms with Crippen molar-refractivity contribution in [1.29, 1.82) is 0 Å². The van der Waals surface area contributed by atoms with Crippen molar-refractivity contribution in [2.24, 2.45) is 9.98 Å². The number of rotatable bonds is 1. The van der Waals surface area contributed by atoms with E-state index in [2.05, 4.69) is 45.7 Å². The Morgan fingerprint density at radius 2 is 2.05 bits per heavy atom. The molecule has 0 amide bonds. The maximum Gasteiger partial charge on any atom is 0.110 e. The van der Waals surface area contributed by atoms with E-state index in [9.17, 15) is 0 Å². The van der Waals surface area contributed by atoms with Gasteiger partial charge in [-0.15, -0.1) is 23.1 Å². The zero-order valence-electron chi connectivity index (χ0n) is 10.2. The van der Waals surface area contributed by atoms with Crippen molar-refractivity contribution in [3.63, 3.8) is 0 Å². The van der Waals surface area contributed by atoms with Crippen LogP contribution in [0.3, 0.4) is 0 Å². The Morgan fingerprint density at radius 3 is 2.95 bits per heavy atom. The number of hydrogen-bond donors (Lipinski definition) is 0. The molecule has 94 valence electrons. The summed E-state index contributed by atoms with van der Waals surface area (Å²) in [7, 11) is 0. The van der Waals surface area contributed by atoms with Gasteiger partial charge in [0.1, 0.15) is 6.34 Å². The van der Waals surface area contributed by atoms with Crippen molar-refractivity contribution < 1.29 is 0 Å². The lowest BCUT2D eigenvalue weighted by Gasteiger charge is -2.20. The van der Waals surface area contributed by atoms with E-state index in [4.69, 9.17) is 0 Å². The average molecular weight is 284 g/mol. The largest absolute Gasteiger partial charge is 0.263 e. The second-order valence-corrected chi connectivity index (χ2v) is 6.84. The molecule has 0 saturated heterocycles. The summed E-state index contributed by atoms with van der Waals surface area (Å²) in [6.45, 7) is 0. The molecule has 0 unspecified atom stereocenters. The minimum absolute atomic E-state index is 0.146. The number of thioether (sulfide) groups is 1. The maximum absolute atomic E-state index is 4.53. The summed E-state index contributed by atoms with van der Waals surface area (Å²) in [5.74, 6) is 1.36. The Morgan fingerprint density at radius 1 is 1.11 bits per heavy atom. The molecule has 2 aliphatic rings. The van der Waals surface area contributed by atoms with Gasteiger partial charge in [-0.05, 0) is 28.1 Å². The van der Waals surface area contributed by atoms with Crippen LogP contribution in [0, 0.1) is 0 Å². The van der Waals surface area contributed by atoms with Gasteiger partial charge in [0.05, 0.1) is 10.3 Å². The third-order valence-electron chi connectivity index (χ3n) is 3.63. The number of benzene rings is 1. The van der Waals surface area contributed by atoms with Gasteiger partial charge in [0, 0.05) is 17.9 Å². The van der Waals surface area contributed by atoms with Crippen molar-refractivity contribution >= 4 is 35.7 Å². The van der Waals surface area contributed by atoms with Crippen LogP contribution in [0.5, 0.6) is 0 Å². The normalized spacial score (nSPS) is 24.0. The molecule has 1 aromatic heterocycles. The van der Waals surface area contributed by atoms with Crippen LogP contribution in [0.25, 0.3) is 0 Å². The summed E-state index contributed by atoms with van der Waals surface area (Å²) in [5, 5.41) is 2.19. The molecule has 0 saturated carbocycles. The lowest BCUT2D eigenvalue weighted by Crippen LogP contribution is -2.18. The monoisotopic (exact) mass is 284 g/mol. The van der Waals surface area contributed by atoms with Gasteiger partial charge in [0.15, 0.2) is 0 Å². The van der Waals surface area contributed by atoms with E-state index in [0.717, 1.165) is 5.75 Å². The zero-order chi connectivity index (χ0) is 12.7. The minimum Gasteiger partial charge on any atom is -0.263 e. The maximum atomic E-state index is 4.53. The van der Waals surface area contributed by atoms with Crippen LogP contribution in [0.15, 0.2) is 49.9 Å². The zero-order valence-corrected chi connectivity index (χ0v) is 11.8. The summed E-state index contributed by atoms with van der Waals surface area (Å²) in [4.78, 5) is 8.71. The predicted molar refractivity (Wildman–Crippen MR) is 82.9 cm³/mol. The second kappa shape index (κ2) is 4.62. The number of nitrogens with zero attached hydrogens (tertiary/aromatic N) is 2. The number of thiophene rings is 1. The fraction of sp³-hybridized carbons (Fsp3) is 0.200. The first kappa shape index (κ1) is 11.4. The van der Waals surface area contributed by atoms with E-state index in [1.807, 2.05) is 29.3 Å². The van der Waals surface area contributed by atoms with Crippen molar-refractivity contribution in [1.82, 2.24) is 0 Å². The van der Waals surface area contributed by atoms with Gasteiger partial charge in [-0.2, -0.15) is 0 Å². The van der Waals surface area contributed by atoms with Gasteiger partial charge in [-0.1, -0.05) is 24.3 Å². The Balaban J connectivity index is 1.92. The van der Waals surface area contributed by atoms with Gasteiger partial charge in [0.2, 0.25) is 0 Å². The van der Waals surface area contributed by atoms with E-state index in [0.29, 0.717) is 5.92 Å². The third kappa shape index (κ3) is 1.86. The molecule has 1 aromatic carbocycles. The summed E-state index contributed by atoms with van der Waals surface area (Å²) in [6.07, 6.45) is 3.65. The molecule has 3 heterocycles. The highest BCUT2D eigenvalue weighted by Crippen LogP contribution is 2.45. The molecule has 0 spiro atoms. The molecule has 2 aromatic rings. The molecular formula is C15H12N2S2. The lowest BCUT2D eigenvalue weighted by atomic mass is 9.85. The smallest absolute Gasteiger partial charge is 0.110 e. The quantitative estimate of drug-likeness (QED) is 0.777. The number of aliphatic imine (C=N–C) groups is 2. The van der Waals surface area contributed by atoms with Crippen LogP contribution in [-0.2, 0) is 5.75 Å². The third-order valence-corrected chi connectivity index (χ3v) is 5.95. The van der Waals surface area contributed by atoms with Crippen molar-refractivity contribution in [3.05, 3.63) is 52.4 Å². The van der Waals surface area contributed by atoms with Crippen LogP contribution in [0.2, 0.25) is 0 Å². The molecule has 4 rings (SSSR count). The summed E-state index contributed by atoms with van der Waals surface area (Å²) in [5.41, 5.74) is 4.24. The standard InChI is InChI=1S/C15H12N2S2/c1-2-4-11-10(3-1)8-19-15-12(5-6-18-15)14(11)13-7-16-9-17-13/h1-7,9,13-14H,8H2/t13-,14+/m1/s1. The summed E-state index contributed by atoms with van der Waals surface area (Å²) < 4.78 is 1.43. The first-order valence-electron chi connectivity index (χ1n) is 6.26. The highest BCUT2D eigenvalue weighted by atomic mass is 32.2. The Bertz CT molecular complexity index is 660. The van der Waals surface area contributed by atoms with Crippen molar-refractivity contribution in [2.45, 2.75) is 21.9 Å². The number of hydrogen-bond acceptors (Lipinski definition) is 4. The van der Waals surface area contributed by atoms with Crippen LogP contribution >= 0.6 is 23.1 Å². The molecule has 0 radical (unpaired) electrons. The Kier molecular flexibility index (Phi) is 2.78. The molecular weight excluding hydrogens is 272 g/mol. The Hall–Kier alpha value is -1.39. The van der Waals surface area contributed by atoms with E-state index >= 15 is 0 Å². The fourth-order valence-electron chi connectivity index (χ4n) is 2.75. The van der Waals surface area contributed by atoms with Crippen LogP contribution < -0.4 is 0 Å². The van der Waals surface area contributed by atoms with Gasteiger partial charge < -0.3 is 0 Å². The predicted octanol–water partition coefficient (Wildman–Crippen LogP) is 3.97. The molecule has 2 atom stereocenters. The first-order valence-corrected chi connectivity index (χ1v) is 8.13. The van der Waals surface area contributed by atoms with Gasteiger partial charge in [-0.25, -0.2) is 4.99 Å². The van der Waals surface area contributed by atoms with E-state index in [1.54, 1.807) is 6.34 Å². The van der Waals surface area contributed by atoms with Crippen LogP contribution in [0.1, 0.15) is 22.6 Å². The number of fused-ring (bicyclic) bond motifs is 2. The average Bonchev–Trinajstić information content (AvgIpc) is 3.09. The molecule has 19 heavy (non-hydrogen) atoms. The van der Waals surface area contributed by atoms with E-state index < -0.39 is 0 Å². The van der Waals surface area contributed by atoms with E-state index in [1.165, 1.54) is 20.9 Å². The molecule has 0 bridgehead atoms. The molecule has 0 N–H and O–H groups in total. The second-order valence-electron chi connectivity index (χ2n) is 4.68. The van der Waals surface area contributed by atoms with Gasteiger partial charge in [-0.3, -0.25) is 4.99 Å². The lowest BCUT2D eigenvalue weighted by molar-refractivity contribution is 0.743. The molecule has 0 fully saturated rings. The van der Waals surface area contributed by atoms with Crippen LogP contribution in [0.4, 0.5) is 0 Å². The molecule has 2 aliphatic heterocycles. The topological polar surface area (TPSA) is 24.7 Å². The van der Waals surface area contributed by atoms with Gasteiger partial charge in [0.25, 0.3) is 0 Å². The Labute approximate surface area is 120 Å².